The van der Waals surface area contributed by atoms with Gasteiger partial charge in [0.2, 0.25) is 12.2 Å². The second-order valence-electron chi connectivity index (χ2n) is 3.53. The minimum atomic E-state index is -1.60. The standard InChI is InChI=1S/C11H10FN3O3/c12-8-6-15(11(18)14-9(8)16)10(17)13-7-4-2-1-3-5-7/h1-6,11,18H,(H,13,17)(H,14,16). The van der Waals surface area contributed by atoms with Gasteiger partial charge in [0.15, 0.2) is 0 Å². The van der Waals surface area contributed by atoms with Gasteiger partial charge in [-0.05, 0) is 12.1 Å². The van der Waals surface area contributed by atoms with Crippen LogP contribution in [-0.2, 0) is 4.79 Å². The minimum absolute atomic E-state index is 0.486. The second kappa shape index (κ2) is 4.84. The van der Waals surface area contributed by atoms with Gasteiger partial charge in [0.1, 0.15) is 0 Å². The summed E-state index contributed by atoms with van der Waals surface area (Å²) in [4.78, 5) is 23.2. The van der Waals surface area contributed by atoms with Crippen molar-refractivity contribution in [2.24, 2.45) is 0 Å². The molecule has 1 aromatic carbocycles. The van der Waals surface area contributed by atoms with Crippen LogP contribution in [0.3, 0.4) is 0 Å². The van der Waals surface area contributed by atoms with Crippen LogP contribution < -0.4 is 10.6 Å². The molecule has 1 heterocycles. The molecule has 18 heavy (non-hydrogen) atoms. The second-order valence-corrected chi connectivity index (χ2v) is 3.53. The molecule has 7 heteroatoms. The summed E-state index contributed by atoms with van der Waals surface area (Å²) in [7, 11) is 0. The predicted molar refractivity (Wildman–Crippen MR) is 60.6 cm³/mol. The van der Waals surface area contributed by atoms with Gasteiger partial charge in [-0.2, -0.15) is 4.39 Å². The van der Waals surface area contributed by atoms with Crippen molar-refractivity contribution >= 4 is 17.6 Å². The Balaban J connectivity index is 2.12. The molecule has 6 nitrogen and oxygen atoms in total. The summed E-state index contributed by atoms with van der Waals surface area (Å²) in [5.74, 6) is -2.21. The van der Waals surface area contributed by atoms with Gasteiger partial charge in [0, 0.05) is 5.69 Å². The number of hydrogen-bond acceptors (Lipinski definition) is 3. The summed E-state index contributed by atoms with van der Waals surface area (Å²) in [5.41, 5.74) is 0.486. The highest BCUT2D eigenvalue weighted by Gasteiger charge is 2.29. The molecule has 3 N–H and O–H groups in total. The predicted octanol–water partition coefficient (Wildman–Crippen LogP) is 0.737. The van der Waals surface area contributed by atoms with E-state index in [1.807, 2.05) is 5.32 Å². The largest absolute Gasteiger partial charge is 0.356 e. The summed E-state index contributed by atoms with van der Waals surface area (Å²) >= 11 is 0. The maximum absolute atomic E-state index is 13.0. The number of nitrogens with zero attached hydrogens (tertiary/aromatic N) is 1. The highest BCUT2D eigenvalue weighted by atomic mass is 19.1. The molecule has 0 saturated carbocycles. The highest BCUT2D eigenvalue weighted by molar-refractivity contribution is 5.96. The van der Waals surface area contributed by atoms with Gasteiger partial charge in [-0.25, -0.2) is 4.79 Å². The lowest BCUT2D eigenvalue weighted by atomic mass is 10.3. The van der Waals surface area contributed by atoms with E-state index < -0.39 is 24.1 Å². The first kappa shape index (κ1) is 12.1. The molecule has 94 valence electrons. The van der Waals surface area contributed by atoms with Crippen molar-refractivity contribution in [3.8, 4) is 0 Å². The summed E-state index contributed by atoms with van der Waals surface area (Å²) in [5, 5.41) is 13.8. The van der Waals surface area contributed by atoms with Gasteiger partial charge in [0.05, 0.1) is 6.20 Å². The Kier molecular flexibility index (Phi) is 3.24. The van der Waals surface area contributed by atoms with E-state index in [1.54, 1.807) is 30.3 Å². The number of amides is 3. The zero-order valence-corrected chi connectivity index (χ0v) is 9.13. The number of halogens is 1. The van der Waals surface area contributed by atoms with Gasteiger partial charge in [-0.1, -0.05) is 18.2 Å². The smallest absolute Gasteiger partial charge is 0.329 e. The average molecular weight is 251 g/mol. The molecule has 0 bridgehead atoms. The van der Waals surface area contributed by atoms with Crippen molar-refractivity contribution in [2.75, 3.05) is 5.32 Å². The van der Waals surface area contributed by atoms with E-state index in [1.165, 1.54) is 0 Å². The fourth-order valence-corrected chi connectivity index (χ4v) is 1.39. The van der Waals surface area contributed by atoms with Crippen LogP contribution >= 0.6 is 0 Å². The molecule has 0 aromatic heterocycles. The van der Waals surface area contributed by atoms with Crippen molar-refractivity contribution in [3.63, 3.8) is 0 Å². The van der Waals surface area contributed by atoms with Crippen LogP contribution in [0.25, 0.3) is 0 Å². The first-order valence-corrected chi connectivity index (χ1v) is 5.08. The Labute approximate surface area is 102 Å². The molecule has 1 aromatic rings. The molecule has 1 aliphatic rings. The van der Waals surface area contributed by atoms with Crippen LogP contribution in [0.15, 0.2) is 42.4 Å². The Hall–Kier alpha value is -2.41. The van der Waals surface area contributed by atoms with E-state index in [0.29, 0.717) is 16.8 Å². The van der Waals surface area contributed by atoms with Crippen molar-refractivity contribution in [1.82, 2.24) is 10.2 Å². The van der Waals surface area contributed by atoms with Crippen molar-refractivity contribution in [2.45, 2.75) is 6.35 Å². The number of carbonyl (C=O) groups is 2. The molecular formula is C11H10FN3O3. The Morgan fingerprint density at radius 3 is 2.72 bits per heavy atom. The summed E-state index contributed by atoms with van der Waals surface area (Å²) in [6.07, 6.45) is -0.956. The number of rotatable bonds is 1. The Morgan fingerprint density at radius 2 is 2.06 bits per heavy atom. The Morgan fingerprint density at radius 1 is 1.39 bits per heavy atom. The zero-order valence-electron chi connectivity index (χ0n) is 9.13. The molecule has 3 amide bonds. The summed E-state index contributed by atoms with van der Waals surface area (Å²) < 4.78 is 13.0. The number of aliphatic hydroxyl groups is 1. The number of aliphatic hydroxyl groups excluding tert-OH is 1. The van der Waals surface area contributed by atoms with E-state index in [0.717, 1.165) is 0 Å². The molecule has 1 atom stereocenters. The van der Waals surface area contributed by atoms with Crippen LogP contribution in [0.4, 0.5) is 14.9 Å². The molecule has 0 aliphatic carbocycles. The quantitative estimate of drug-likeness (QED) is 0.688. The van der Waals surface area contributed by atoms with E-state index >= 15 is 0 Å². The van der Waals surface area contributed by atoms with Crippen LogP contribution in [0.1, 0.15) is 0 Å². The number of para-hydroxylation sites is 1. The molecule has 0 fully saturated rings. The van der Waals surface area contributed by atoms with E-state index in [9.17, 15) is 19.1 Å². The van der Waals surface area contributed by atoms with E-state index in [2.05, 4.69) is 5.32 Å². The molecule has 1 aliphatic heterocycles. The number of anilines is 1. The molecule has 0 radical (unpaired) electrons. The first-order valence-electron chi connectivity index (χ1n) is 5.08. The monoisotopic (exact) mass is 251 g/mol. The maximum atomic E-state index is 13.0. The summed E-state index contributed by atoms with van der Waals surface area (Å²) in [6.45, 7) is 0. The molecule has 2 rings (SSSR count). The van der Waals surface area contributed by atoms with Gasteiger partial charge in [0.25, 0.3) is 5.91 Å². The third-order valence-corrected chi connectivity index (χ3v) is 2.25. The minimum Gasteiger partial charge on any atom is -0.356 e. The molecule has 0 spiro atoms. The molecule has 1 unspecified atom stereocenters. The van der Waals surface area contributed by atoms with Crippen LogP contribution in [0.5, 0.6) is 0 Å². The van der Waals surface area contributed by atoms with Gasteiger partial charge >= 0.3 is 6.03 Å². The molecule has 0 saturated heterocycles. The Bertz CT molecular complexity index is 504. The average Bonchev–Trinajstić information content (AvgIpc) is 2.35. The van der Waals surface area contributed by atoms with Crippen LogP contribution in [0, 0.1) is 0 Å². The lowest BCUT2D eigenvalue weighted by Crippen LogP contribution is -2.53. The van der Waals surface area contributed by atoms with Gasteiger partial charge < -0.3 is 15.7 Å². The van der Waals surface area contributed by atoms with Crippen molar-refractivity contribution in [3.05, 3.63) is 42.4 Å². The third-order valence-electron chi connectivity index (χ3n) is 2.25. The third kappa shape index (κ3) is 2.46. The summed E-state index contributed by atoms with van der Waals surface area (Å²) in [6, 6.07) is 7.69. The SMILES string of the molecule is O=C1NC(O)N(C(=O)Nc2ccccc2)C=C1F. The fourth-order valence-electron chi connectivity index (χ4n) is 1.39. The van der Waals surface area contributed by atoms with Crippen molar-refractivity contribution in [1.29, 1.82) is 0 Å². The highest BCUT2D eigenvalue weighted by Crippen LogP contribution is 2.12. The van der Waals surface area contributed by atoms with E-state index in [-0.39, 0.29) is 0 Å². The number of urea groups is 1. The van der Waals surface area contributed by atoms with Crippen LogP contribution in [0.2, 0.25) is 0 Å². The maximum Gasteiger partial charge on any atom is 0.329 e. The lowest BCUT2D eigenvalue weighted by molar-refractivity contribution is -0.126. The topological polar surface area (TPSA) is 81.7 Å². The zero-order chi connectivity index (χ0) is 13.1. The van der Waals surface area contributed by atoms with Crippen molar-refractivity contribution < 1.29 is 19.1 Å². The number of hydrogen-bond donors (Lipinski definition) is 3. The van der Waals surface area contributed by atoms with Crippen LogP contribution in [-0.4, -0.2) is 28.3 Å². The lowest BCUT2D eigenvalue weighted by Gasteiger charge is -2.28. The fraction of sp³-hybridized carbons (Fsp3) is 0.0909. The number of nitrogens with one attached hydrogen (secondary N) is 2. The first-order chi connectivity index (χ1) is 8.58. The van der Waals surface area contributed by atoms with Gasteiger partial charge in [-0.3, -0.25) is 9.69 Å². The van der Waals surface area contributed by atoms with Gasteiger partial charge in [-0.15, -0.1) is 0 Å². The normalized spacial score (nSPS) is 19.0. The number of benzene rings is 1. The molecular weight excluding hydrogens is 241 g/mol. The van der Waals surface area contributed by atoms with E-state index in [4.69, 9.17) is 0 Å². The number of carbonyl (C=O) groups excluding carboxylic acids is 2.